The van der Waals surface area contributed by atoms with Gasteiger partial charge in [0.15, 0.2) is 6.10 Å². The molecule has 2 rings (SSSR count). The molecule has 1 aliphatic rings. The van der Waals surface area contributed by atoms with Crippen LogP contribution >= 0.6 is 0 Å². The third-order valence-electron chi connectivity index (χ3n) is 3.87. The van der Waals surface area contributed by atoms with Gasteiger partial charge in [0.25, 0.3) is 5.91 Å². The van der Waals surface area contributed by atoms with Gasteiger partial charge < -0.3 is 10.1 Å². The van der Waals surface area contributed by atoms with Gasteiger partial charge in [-0.05, 0) is 43.9 Å². The Morgan fingerprint density at radius 3 is 2.82 bits per heavy atom. The highest BCUT2D eigenvalue weighted by Crippen LogP contribution is 2.27. The number of ether oxygens (including phenoxy) is 1. The summed E-state index contributed by atoms with van der Waals surface area (Å²) in [6, 6.07) is 8.61. The maximum Gasteiger partial charge on any atom is 0.306 e. The van der Waals surface area contributed by atoms with Crippen LogP contribution in [-0.2, 0) is 14.3 Å². The summed E-state index contributed by atoms with van der Waals surface area (Å²) in [5.41, 5.74) is 0.978. The first kappa shape index (κ1) is 16.0. The van der Waals surface area contributed by atoms with Crippen molar-refractivity contribution in [1.82, 2.24) is 0 Å². The van der Waals surface area contributed by atoms with Gasteiger partial charge in [-0.3, -0.25) is 9.59 Å². The minimum Gasteiger partial charge on any atom is -0.453 e. The molecule has 5 nitrogen and oxygen atoms in total. The summed E-state index contributed by atoms with van der Waals surface area (Å²) in [6.07, 6.45) is 4.01. The Labute approximate surface area is 130 Å². The van der Waals surface area contributed by atoms with Crippen molar-refractivity contribution in [2.75, 3.05) is 5.32 Å². The van der Waals surface area contributed by atoms with Gasteiger partial charge in [-0.2, -0.15) is 5.26 Å². The maximum atomic E-state index is 12.0. The molecule has 0 radical (unpaired) electrons. The highest BCUT2D eigenvalue weighted by atomic mass is 16.5. The lowest BCUT2D eigenvalue weighted by Crippen LogP contribution is -2.30. The zero-order chi connectivity index (χ0) is 15.9. The number of carbonyl (C=O) groups excluding carboxylic acids is 2. The fourth-order valence-electron chi connectivity index (χ4n) is 2.66. The summed E-state index contributed by atoms with van der Waals surface area (Å²) in [4.78, 5) is 23.8. The smallest absolute Gasteiger partial charge is 0.306 e. The molecule has 1 amide bonds. The number of nitrogens with zero attached hydrogens (tertiary/aromatic N) is 1. The molecule has 0 unspecified atom stereocenters. The summed E-state index contributed by atoms with van der Waals surface area (Å²) in [6.45, 7) is 1.55. The molecule has 0 spiro atoms. The van der Waals surface area contributed by atoms with E-state index >= 15 is 0 Å². The number of hydrogen-bond acceptors (Lipinski definition) is 4. The molecule has 1 aliphatic carbocycles. The van der Waals surface area contributed by atoms with Crippen LogP contribution in [0, 0.1) is 17.2 Å². The van der Waals surface area contributed by atoms with E-state index in [0.29, 0.717) is 23.6 Å². The molecular formula is C17H20N2O3. The van der Waals surface area contributed by atoms with E-state index in [2.05, 4.69) is 5.32 Å². The van der Waals surface area contributed by atoms with Crippen molar-refractivity contribution in [2.24, 2.45) is 5.92 Å². The second-order valence-electron chi connectivity index (χ2n) is 5.67. The molecule has 1 N–H and O–H groups in total. The lowest BCUT2D eigenvalue weighted by molar-refractivity contribution is -0.154. The van der Waals surface area contributed by atoms with Crippen LogP contribution in [0.5, 0.6) is 0 Å². The normalized spacial score (nSPS) is 15.8. The first-order chi connectivity index (χ1) is 10.6. The second kappa shape index (κ2) is 7.60. The Kier molecular flexibility index (Phi) is 5.54. The SMILES string of the molecule is C[C@@H](OC(=O)CC1CCCC1)C(=O)Nc1cccc(C#N)c1. The number of hydrogen-bond donors (Lipinski definition) is 1. The molecule has 0 aliphatic heterocycles. The van der Waals surface area contributed by atoms with E-state index in [-0.39, 0.29) is 5.97 Å². The van der Waals surface area contributed by atoms with Crippen LogP contribution in [0.1, 0.15) is 44.6 Å². The molecule has 0 heterocycles. The third-order valence-corrected chi connectivity index (χ3v) is 3.87. The average molecular weight is 300 g/mol. The van der Waals surface area contributed by atoms with Gasteiger partial charge in [-0.15, -0.1) is 0 Å². The number of anilines is 1. The van der Waals surface area contributed by atoms with Gasteiger partial charge in [0.2, 0.25) is 0 Å². The van der Waals surface area contributed by atoms with E-state index in [0.717, 1.165) is 12.8 Å². The molecule has 0 bridgehead atoms. The molecule has 0 aromatic heterocycles. The Balaban J connectivity index is 1.83. The minimum atomic E-state index is -0.848. The Morgan fingerprint density at radius 2 is 2.14 bits per heavy atom. The summed E-state index contributed by atoms with van der Waals surface area (Å²) in [5.74, 6) is -0.315. The second-order valence-corrected chi connectivity index (χ2v) is 5.67. The van der Waals surface area contributed by atoms with Gasteiger partial charge in [-0.25, -0.2) is 0 Å². The van der Waals surface area contributed by atoms with Gasteiger partial charge in [-0.1, -0.05) is 18.9 Å². The van der Waals surface area contributed by atoms with Crippen molar-refractivity contribution in [1.29, 1.82) is 5.26 Å². The van der Waals surface area contributed by atoms with Crippen molar-refractivity contribution in [2.45, 2.75) is 45.1 Å². The molecular weight excluding hydrogens is 280 g/mol. The Morgan fingerprint density at radius 1 is 1.41 bits per heavy atom. The van der Waals surface area contributed by atoms with Crippen molar-refractivity contribution < 1.29 is 14.3 Å². The van der Waals surface area contributed by atoms with Crippen LogP contribution in [0.4, 0.5) is 5.69 Å². The first-order valence-electron chi connectivity index (χ1n) is 7.59. The first-order valence-corrected chi connectivity index (χ1v) is 7.59. The van der Waals surface area contributed by atoms with Crippen LogP contribution in [-0.4, -0.2) is 18.0 Å². The van der Waals surface area contributed by atoms with Crippen LogP contribution in [0.2, 0.25) is 0 Å². The zero-order valence-electron chi connectivity index (χ0n) is 12.7. The molecule has 1 atom stereocenters. The van der Waals surface area contributed by atoms with Crippen molar-refractivity contribution in [3.8, 4) is 6.07 Å². The average Bonchev–Trinajstić information content (AvgIpc) is 3.00. The van der Waals surface area contributed by atoms with E-state index in [1.807, 2.05) is 6.07 Å². The molecule has 1 aromatic rings. The summed E-state index contributed by atoms with van der Waals surface area (Å²) in [7, 11) is 0. The number of rotatable bonds is 5. The summed E-state index contributed by atoms with van der Waals surface area (Å²) < 4.78 is 5.19. The predicted molar refractivity (Wildman–Crippen MR) is 81.9 cm³/mol. The minimum absolute atomic E-state index is 0.319. The van der Waals surface area contributed by atoms with Crippen LogP contribution in [0.3, 0.4) is 0 Å². The van der Waals surface area contributed by atoms with Gasteiger partial charge in [0.05, 0.1) is 11.6 Å². The Hall–Kier alpha value is -2.35. The number of nitrogens with one attached hydrogen (secondary N) is 1. The van der Waals surface area contributed by atoms with Crippen LogP contribution in [0.15, 0.2) is 24.3 Å². The summed E-state index contributed by atoms with van der Waals surface area (Å²) in [5, 5.41) is 11.5. The maximum absolute atomic E-state index is 12.0. The van der Waals surface area contributed by atoms with E-state index in [9.17, 15) is 9.59 Å². The van der Waals surface area contributed by atoms with E-state index in [4.69, 9.17) is 10.00 Å². The number of benzene rings is 1. The molecule has 5 heteroatoms. The van der Waals surface area contributed by atoms with Crippen molar-refractivity contribution >= 4 is 17.6 Å². The zero-order valence-corrected chi connectivity index (χ0v) is 12.7. The van der Waals surface area contributed by atoms with E-state index < -0.39 is 12.0 Å². The summed E-state index contributed by atoms with van der Waals surface area (Å²) >= 11 is 0. The number of amides is 1. The molecule has 1 fully saturated rings. The number of esters is 1. The topological polar surface area (TPSA) is 79.2 Å². The highest BCUT2D eigenvalue weighted by Gasteiger charge is 2.23. The lowest BCUT2D eigenvalue weighted by atomic mass is 10.0. The van der Waals surface area contributed by atoms with E-state index in [1.165, 1.54) is 12.8 Å². The molecule has 1 saturated carbocycles. The monoisotopic (exact) mass is 300 g/mol. The third kappa shape index (κ3) is 4.59. The van der Waals surface area contributed by atoms with Crippen LogP contribution in [0.25, 0.3) is 0 Å². The van der Waals surface area contributed by atoms with Crippen LogP contribution < -0.4 is 5.32 Å². The van der Waals surface area contributed by atoms with Gasteiger partial charge >= 0.3 is 5.97 Å². The molecule has 22 heavy (non-hydrogen) atoms. The lowest BCUT2D eigenvalue weighted by Gasteiger charge is -2.15. The largest absolute Gasteiger partial charge is 0.453 e. The van der Waals surface area contributed by atoms with Crippen molar-refractivity contribution in [3.05, 3.63) is 29.8 Å². The number of carbonyl (C=O) groups is 2. The standard InChI is InChI=1S/C17H20N2O3/c1-12(22-16(20)10-13-5-2-3-6-13)17(21)19-15-8-4-7-14(9-15)11-18/h4,7-9,12-13H,2-3,5-6,10H2,1H3,(H,19,21)/t12-/m1/s1. The van der Waals surface area contributed by atoms with E-state index in [1.54, 1.807) is 31.2 Å². The molecule has 116 valence electrons. The van der Waals surface area contributed by atoms with Gasteiger partial charge in [0.1, 0.15) is 0 Å². The fraction of sp³-hybridized carbons (Fsp3) is 0.471. The van der Waals surface area contributed by atoms with Gasteiger partial charge in [0, 0.05) is 12.1 Å². The van der Waals surface area contributed by atoms with Crippen molar-refractivity contribution in [3.63, 3.8) is 0 Å². The Bertz CT molecular complexity index is 586. The predicted octanol–water partition coefficient (Wildman–Crippen LogP) is 3.01. The number of nitriles is 1. The fourth-order valence-corrected chi connectivity index (χ4v) is 2.66. The molecule has 1 aromatic carbocycles. The molecule has 0 saturated heterocycles. The quantitative estimate of drug-likeness (QED) is 0.848. The highest BCUT2D eigenvalue weighted by molar-refractivity contribution is 5.95.